The smallest absolute Gasteiger partial charge is 0.138 e. The fourth-order valence-electron chi connectivity index (χ4n) is 1.88. The van der Waals surface area contributed by atoms with E-state index in [2.05, 4.69) is 43.5 Å². The summed E-state index contributed by atoms with van der Waals surface area (Å²) in [6.07, 6.45) is 3.21. The molecule has 1 N–H and O–H groups in total. The van der Waals surface area contributed by atoms with E-state index in [0.717, 1.165) is 22.4 Å². The van der Waals surface area contributed by atoms with Gasteiger partial charge in [-0.25, -0.2) is 9.67 Å². The molecule has 0 aliphatic carbocycles. The van der Waals surface area contributed by atoms with Gasteiger partial charge >= 0.3 is 0 Å². The summed E-state index contributed by atoms with van der Waals surface area (Å²) < 4.78 is 2.83. The quantitative estimate of drug-likeness (QED) is 0.795. The van der Waals surface area contributed by atoms with Crippen LogP contribution in [0.25, 0.3) is 5.69 Å². The molecule has 0 fully saturated rings. The molecule has 0 aliphatic heterocycles. The number of nitrogens with zero attached hydrogens (tertiary/aromatic N) is 3. The molecule has 3 aromatic rings. The zero-order valence-electron chi connectivity index (χ0n) is 10.7. The lowest BCUT2D eigenvalue weighted by molar-refractivity contribution is 0.879. The highest BCUT2D eigenvalue weighted by Crippen LogP contribution is 2.15. The van der Waals surface area contributed by atoms with Crippen molar-refractivity contribution in [2.45, 2.75) is 6.54 Å². The third kappa shape index (κ3) is 3.05. The van der Waals surface area contributed by atoms with Crippen LogP contribution in [0.5, 0.6) is 0 Å². The summed E-state index contributed by atoms with van der Waals surface area (Å²) in [6, 6.07) is 16.4. The Morgan fingerprint density at radius 3 is 2.40 bits per heavy atom. The molecule has 0 saturated heterocycles. The van der Waals surface area contributed by atoms with Gasteiger partial charge < -0.3 is 5.32 Å². The van der Waals surface area contributed by atoms with Crippen molar-refractivity contribution >= 4 is 21.6 Å². The minimum absolute atomic E-state index is 0.802. The standard InChI is InChI=1S/C15H13BrN4/c16-13-3-1-12(2-4-13)9-18-14-5-7-15(8-6-14)20-11-17-10-19-20/h1-8,10-11,18H,9H2. The predicted molar refractivity (Wildman–Crippen MR) is 82.8 cm³/mol. The molecule has 0 amide bonds. The van der Waals surface area contributed by atoms with E-state index < -0.39 is 0 Å². The molecule has 100 valence electrons. The third-order valence-electron chi connectivity index (χ3n) is 2.96. The summed E-state index contributed by atoms with van der Waals surface area (Å²) in [5.41, 5.74) is 3.32. The van der Waals surface area contributed by atoms with Crippen LogP contribution in [-0.4, -0.2) is 14.8 Å². The van der Waals surface area contributed by atoms with Gasteiger partial charge in [0.1, 0.15) is 12.7 Å². The van der Waals surface area contributed by atoms with Crippen molar-refractivity contribution in [2.24, 2.45) is 0 Å². The molecule has 3 rings (SSSR count). The zero-order valence-corrected chi connectivity index (χ0v) is 12.3. The molecule has 5 heteroatoms. The van der Waals surface area contributed by atoms with Gasteiger partial charge in [-0.2, -0.15) is 5.10 Å². The SMILES string of the molecule is Brc1ccc(CNc2ccc(-n3cncn3)cc2)cc1. The number of aromatic nitrogens is 3. The highest BCUT2D eigenvalue weighted by molar-refractivity contribution is 9.10. The lowest BCUT2D eigenvalue weighted by Crippen LogP contribution is -2.00. The molecule has 0 radical (unpaired) electrons. The first-order valence-electron chi connectivity index (χ1n) is 6.25. The Labute approximate surface area is 125 Å². The van der Waals surface area contributed by atoms with Crippen LogP contribution in [0.3, 0.4) is 0 Å². The Hall–Kier alpha value is -2.14. The third-order valence-corrected chi connectivity index (χ3v) is 3.49. The molecule has 0 aliphatic rings. The summed E-state index contributed by atoms with van der Waals surface area (Å²) in [6.45, 7) is 0.802. The van der Waals surface area contributed by atoms with Crippen molar-refractivity contribution in [3.8, 4) is 5.69 Å². The first-order valence-corrected chi connectivity index (χ1v) is 7.04. The molecule has 1 heterocycles. The van der Waals surface area contributed by atoms with E-state index in [0.29, 0.717) is 0 Å². The number of halogens is 1. The van der Waals surface area contributed by atoms with Gasteiger partial charge in [-0.3, -0.25) is 0 Å². The fraction of sp³-hybridized carbons (Fsp3) is 0.0667. The Morgan fingerprint density at radius 1 is 1.00 bits per heavy atom. The minimum atomic E-state index is 0.802. The number of benzene rings is 2. The van der Waals surface area contributed by atoms with E-state index in [1.54, 1.807) is 11.0 Å². The normalized spacial score (nSPS) is 10.4. The van der Waals surface area contributed by atoms with Crippen LogP contribution in [0.4, 0.5) is 5.69 Å². The van der Waals surface area contributed by atoms with Crippen LogP contribution in [0, 0.1) is 0 Å². The second-order valence-electron chi connectivity index (χ2n) is 4.37. The average Bonchev–Trinajstić information content (AvgIpc) is 3.01. The number of hydrogen-bond donors (Lipinski definition) is 1. The fourth-order valence-corrected chi connectivity index (χ4v) is 2.14. The van der Waals surface area contributed by atoms with Crippen LogP contribution in [-0.2, 0) is 6.54 Å². The van der Waals surface area contributed by atoms with E-state index in [4.69, 9.17) is 0 Å². The number of rotatable bonds is 4. The van der Waals surface area contributed by atoms with E-state index in [1.165, 1.54) is 11.9 Å². The Kier molecular flexibility index (Phi) is 3.78. The molecule has 20 heavy (non-hydrogen) atoms. The van der Waals surface area contributed by atoms with E-state index in [1.807, 2.05) is 36.4 Å². The van der Waals surface area contributed by atoms with Gasteiger partial charge in [-0.15, -0.1) is 0 Å². The van der Waals surface area contributed by atoms with Crippen LogP contribution in [0.15, 0.2) is 65.7 Å². The maximum absolute atomic E-state index is 4.10. The van der Waals surface area contributed by atoms with Gasteiger partial charge in [0.25, 0.3) is 0 Å². The second kappa shape index (κ2) is 5.88. The van der Waals surface area contributed by atoms with Crippen LogP contribution in [0.2, 0.25) is 0 Å². The first-order chi connectivity index (χ1) is 9.81. The average molecular weight is 329 g/mol. The molecule has 0 bridgehead atoms. The molecule has 2 aromatic carbocycles. The van der Waals surface area contributed by atoms with Gasteiger partial charge in [0.05, 0.1) is 5.69 Å². The van der Waals surface area contributed by atoms with E-state index in [9.17, 15) is 0 Å². The summed E-state index contributed by atoms with van der Waals surface area (Å²) in [7, 11) is 0. The predicted octanol–water partition coefficient (Wildman–Crippen LogP) is 3.64. The summed E-state index contributed by atoms with van der Waals surface area (Å²) in [5.74, 6) is 0. The largest absolute Gasteiger partial charge is 0.381 e. The minimum Gasteiger partial charge on any atom is -0.381 e. The number of hydrogen-bond acceptors (Lipinski definition) is 3. The summed E-state index contributed by atoms with van der Waals surface area (Å²) in [5, 5.41) is 7.49. The lowest BCUT2D eigenvalue weighted by atomic mass is 10.2. The molecular weight excluding hydrogens is 316 g/mol. The van der Waals surface area contributed by atoms with E-state index in [-0.39, 0.29) is 0 Å². The summed E-state index contributed by atoms with van der Waals surface area (Å²) in [4.78, 5) is 3.94. The van der Waals surface area contributed by atoms with Crippen LogP contribution in [0.1, 0.15) is 5.56 Å². The van der Waals surface area contributed by atoms with Crippen molar-refractivity contribution in [1.82, 2.24) is 14.8 Å². The molecule has 0 spiro atoms. The van der Waals surface area contributed by atoms with Crippen LogP contribution >= 0.6 is 15.9 Å². The van der Waals surface area contributed by atoms with E-state index >= 15 is 0 Å². The highest BCUT2D eigenvalue weighted by atomic mass is 79.9. The topological polar surface area (TPSA) is 42.7 Å². The summed E-state index contributed by atoms with van der Waals surface area (Å²) >= 11 is 3.43. The molecule has 1 aromatic heterocycles. The Bertz CT molecular complexity index is 660. The maximum Gasteiger partial charge on any atom is 0.138 e. The van der Waals surface area contributed by atoms with Crippen molar-refractivity contribution in [3.05, 3.63) is 71.2 Å². The number of nitrogens with one attached hydrogen (secondary N) is 1. The van der Waals surface area contributed by atoms with Crippen molar-refractivity contribution in [1.29, 1.82) is 0 Å². The van der Waals surface area contributed by atoms with Crippen molar-refractivity contribution in [2.75, 3.05) is 5.32 Å². The van der Waals surface area contributed by atoms with Crippen molar-refractivity contribution in [3.63, 3.8) is 0 Å². The Balaban J connectivity index is 1.65. The van der Waals surface area contributed by atoms with Crippen molar-refractivity contribution < 1.29 is 0 Å². The second-order valence-corrected chi connectivity index (χ2v) is 5.28. The maximum atomic E-state index is 4.10. The van der Waals surface area contributed by atoms with Gasteiger partial charge in [0, 0.05) is 16.7 Å². The number of anilines is 1. The molecular formula is C15H13BrN4. The van der Waals surface area contributed by atoms with Gasteiger partial charge in [0.2, 0.25) is 0 Å². The lowest BCUT2D eigenvalue weighted by Gasteiger charge is -2.08. The molecule has 4 nitrogen and oxygen atoms in total. The zero-order chi connectivity index (χ0) is 13.8. The molecule has 0 unspecified atom stereocenters. The Morgan fingerprint density at radius 2 is 1.75 bits per heavy atom. The first kappa shape index (κ1) is 12.9. The highest BCUT2D eigenvalue weighted by Gasteiger charge is 1.98. The monoisotopic (exact) mass is 328 g/mol. The van der Waals surface area contributed by atoms with Crippen LogP contribution < -0.4 is 5.32 Å². The van der Waals surface area contributed by atoms with Gasteiger partial charge in [-0.1, -0.05) is 28.1 Å². The molecule has 0 atom stereocenters. The van der Waals surface area contributed by atoms with Gasteiger partial charge in [-0.05, 0) is 42.0 Å². The van der Waals surface area contributed by atoms with Gasteiger partial charge in [0.15, 0.2) is 0 Å². The molecule has 0 saturated carbocycles.